The van der Waals surface area contributed by atoms with Gasteiger partial charge in [0.15, 0.2) is 0 Å². The van der Waals surface area contributed by atoms with Crippen LogP contribution in [0.25, 0.3) is 11.5 Å². The maximum absolute atomic E-state index is 13.5. The molecule has 1 heterocycles. The van der Waals surface area contributed by atoms with Gasteiger partial charge in [0.25, 0.3) is 5.89 Å². The molecule has 84 valence electrons. The minimum Gasteiger partial charge on any atom is -0.421 e. The van der Waals surface area contributed by atoms with Crippen LogP contribution in [0.4, 0.5) is 4.39 Å². The Kier molecular flexibility index (Phi) is 2.96. The second-order valence-electron chi connectivity index (χ2n) is 3.52. The molecule has 0 unspecified atom stereocenters. The van der Waals surface area contributed by atoms with Crippen molar-refractivity contribution in [3.05, 3.63) is 35.5 Å². The highest BCUT2D eigenvalue weighted by Crippen LogP contribution is 2.22. The first-order valence-corrected chi connectivity index (χ1v) is 4.99. The van der Waals surface area contributed by atoms with Crippen molar-refractivity contribution >= 4 is 0 Å². The number of benzene rings is 1. The van der Waals surface area contributed by atoms with Gasteiger partial charge in [0.1, 0.15) is 5.82 Å². The molecule has 0 radical (unpaired) electrons. The van der Waals surface area contributed by atoms with Crippen molar-refractivity contribution < 1.29 is 8.81 Å². The zero-order chi connectivity index (χ0) is 11.5. The van der Waals surface area contributed by atoms with Crippen LogP contribution >= 0.6 is 0 Å². The van der Waals surface area contributed by atoms with E-state index in [9.17, 15) is 4.39 Å². The van der Waals surface area contributed by atoms with Crippen molar-refractivity contribution in [2.75, 3.05) is 6.54 Å². The largest absolute Gasteiger partial charge is 0.421 e. The lowest BCUT2D eigenvalue weighted by atomic mass is 10.1. The number of aryl methyl sites for hydroxylation is 1. The third-order valence-corrected chi connectivity index (χ3v) is 2.18. The van der Waals surface area contributed by atoms with Crippen molar-refractivity contribution in [3.63, 3.8) is 0 Å². The predicted octanol–water partition coefficient (Wildman–Crippen LogP) is 1.69. The molecule has 2 rings (SSSR count). The van der Waals surface area contributed by atoms with Gasteiger partial charge in [-0.3, -0.25) is 0 Å². The summed E-state index contributed by atoms with van der Waals surface area (Å²) in [4.78, 5) is 0. The Morgan fingerprint density at radius 1 is 1.38 bits per heavy atom. The lowest BCUT2D eigenvalue weighted by Crippen LogP contribution is -2.02. The van der Waals surface area contributed by atoms with Crippen molar-refractivity contribution in [2.24, 2.45) is 5.73 Å². The summed E-state index contributed by atoms with van der Waals surface area (Å²) in [5.74, 6) is 0.261. The van der Waals surface area contributed by atoms with E-state index in [4.69, 9.17) is 10.2 Å². The van der Waals surface area contributed by atoms with Crippen LogP contribution in [0.1, 0.15) is 11.5 Å². The van der Waals surface area contributed by atoms with Crippen LogP contribution < -0.4 is 5.73 Å². The molecule has 0 aliphatic heterocycles. The van der Waals surface area contributed by atoms with Gasteiger partial charge in [0.2, 0.25) is 5.89 Å². The molecule has 0 spiro atoms. The summed E-state index contributed by atoms with van der Waals surface area (Å²) in [5.41, 5.74) is 6.63. The van der Waals surface area contributed by atoms with Crippen LogP contribution in [0.15, 0.2) is 22.6 Å². The first-order chi connectivity index (χ1) is 7.70. The highest BCUT2D eigenvalue weighted by Gasteiger charge is 2.12. The smallest absolute Gasteiger partial charge is 0.250 e. The Hall–Kier alpha value is -1.75. The molecule has 0 saturated carbocycles. The van der Waals surface area contributed by atoms with Crippen LogP contribution in [-0.4, -0.2) is 16.7 Å². The highest BCUT2D eigenvalue weighted by molar-refractivity contribution is 5.54. The van der Waals surface area contributed by atoms with Gasteiger partial charge in [-0.1, -0.05) is 11.6 Å². The van der Waals surface area contributed by atoms with E-state index in [1.807, 2.05) is 6.92 Å². The van der Waals surface area contributed by atoms with Crippen LogP contribution in [-0.2, 0) is 6.42 Å². The molecule has 2 N–H and O–H groups in total. The van der Waals surface area contributed by atoms with Crippen molar-refractivity contribution in [3.8, 4) is 11.5 Å². The average Bonchev–Trinajstić information content (AvgIpc) is 2.71. The summed E-state index contributed by atoms with van der Waals surface area (Å²) in [6, 6.07) is 4.75. The molecule has 0 amide bonds. The Morgan fingerprint density at radius 2 is 2.19 bits per heavy atom. The van der Waals surface area contributed by atoms with Gasteiger partial charge in [0, 0.05) is 13.0 Å². The molecule has 4 nitrogen and oxygen atoms in total. The van der Waals surface area contributed by atoms with Gasteiger partial charge in [-0.05, 0) is 19.1 Å². The number of hydrogen-bond acceptors (Lipinski definition) is 4. The fourth-order valence-electron chi connectivity index (χ4n) is 1.39. The molecule has 0 atom stereocenters. The van der Waals surface area contributed by atoms with Crippen molar-refractivity contribution in [2.45, 2.75) is 13.3 Å². The molecule has 0 saturated heterocycles. The number of nitrogens with zero attached hydrogens (tertiary/aromatic N) is 2. The topological polar surface area (TPSA) is 64.9 Å². The third-order valence-electron chi connectivity index (χ3n) is 2.18. The van der Waals surface area contributed by atoms with E-state index < -0.39 is 0 Å². The minimum absolute atomic E-state index is 0.199. The number of nitrogens with two attached hydrogens (primary N) is 1. The summed E-state index contributed by atoms with van der Waals surface area (Å²) in [6.45, 7) is 2.30. The maximum Gasteiger partial charge on any atom is 0.250 e. The Morgan fingerprint density at radius 3 is 2.94 bits per heavy atom. The van der Waals surface area contributed by atoms with E-state index in [0.717, 1.165) is 5.56 Å². The van der Waals surface area contributed by atoms with Crippen molar-refractivity contribution in [1.82, 2.24) is 10.2 Å². The van der Waals surface area contributed by atoms with E-state index in [2.05, 4.69) is 10.2 Å². The zero-order valence-electron chi connectivity index (χ0n) is 8.90. The molecule has 0 aliphatic rings. The number of halogens is 1. The number of rotatable bonds is 3. The quantitative estimate of drug-likeness (QED) is 0.856. The summed E-state index contributed by atoms with van der Waals surface area (Å²) >= 11 is 0. The van der Waals surface area contributed by atoms with Gasteiger partial charge in [-0.15, -0.1) is 10.2 Å². The lowest BCUT2D eigenvalue weighted by molar-refractivity contribution is 0.503. The first-order valence-electron chi connectivity index (χ1n) is 4.99. The SMILES string of the molecule is Cc1ccc(F)c(-c2nnc(CCN)o2)c1. The fourth-order valence-corrected chi connectivity index (χ4v) is 1.39. The highest BCUT2D eigenvalue weighted by atomic mass is 19.1. The first kappa shape index (κ1) is 10.8. The van der Waals surface area contributed by atoms with E-state index in [-0.39, 0.29) is 11.7 Å². The average molecular weight is 221 g/mol. The van der Waals surface area contributed by atoms with Crippen LogP contribution in [0, 0.1) is 12.7 Å². The molecule has 0 fully saturated rings. The Labute approximate surface area is 92.3 Å². The van der Waals surface area contributed by atoms with E-state index in [1.165, 1.54) is 6.07 Å². The Bertz CT molecular complexity index is 496. The van der Waals surface area contributed by atoms with Crippen molar-refractivity contribution in [1.29, 1.82) is 0 Å². The van der Waals surface area contributed by atoms with E-state index >= 15 is 0 Å². The monoisotopic (exact) mass is 221 g/mol. The summed E-state index contributed by atoms with van der Waals surface area (Å²) in [5, 5.41) is 7.58. The molecule has 16 heavy (non-hydrogen) atoms. The van der Waals surface area contributed by atoms with Crippen LogP contribution in [0.2, 0.25) is 0 Å². The van der Waals surface area contributed by atoms with Gasteiger partial charge in [-0.25, -0.2) is 4.39 Å². The standard InChI is InChI=1S/C11H12FN3O/c1-7-2-3-9(12)8(6-7)11-15-14-10(16-11)4-5-13/h2-3,6H,4-5,13H2,1H3. The summed E-state index contributed by atoms with van der Waals surface area (Å²) in [6.07, 6.45) is 0.500. The van der Waals surface area contributed by atoms with E-state index in [0.29, 0.717) is 24.4 Å². The molecule has 1 aromatic carbocycles. The molecular formula is C11H12FN3O. The van der Waals surface area contributed by atoms with Gasteiger partial charge >= 0.3 is 0 Å². The lowest BCUT2D eigenvalue weighted by Gasteiger charge is -1.98. The Balaban J connectivity index is 2.38. The normalized spacial score (nSPS) is 10.7. The maximum atomic E-state index is 13.5. The van der Waals surface area contributed by atoms with Crippen LogP contribution in [0.5, 0.6) is 0 Å². The van der Waals surface area contributed by atoms with Gasteiger partial charge in [0.05, 0.1) is 5.56 Å². The number of hydrogen-bond donors (Lipinski definition) is 1. The second-order valence-corrected chi connectivity index (χ2v) is 3.52. The van der Waals surface area contributed by atoms with E-state index in [1.54, 1.807) is 12.1 Å². The molecule has 2 aromatic rings. The van der Waals surface area contributed by atoms with Gasteiger partial charge < -0.3 is 10.2 Å². The molecule has 0 aliphatic carbocycles. The molecular weight excluding hydrogens is 209 g/mol. The van der Waals surface area contributed by atoms with Crippen LogP contribution in [0.3, 0.4) is 0 Å². The number of aromatic nitrogens is 2. The third kappa shape index (κ3) is 2.09. The zero-order valence-corrected chi connectivity index (χ0v) is 8.90. The predicted molar refractivity (Wildman–Crippen MR) is 57.2 cm³/mol. The second kappa shape index (κ2) is 4.40. The molecule has 1 aromatic heterocycles. The van der Waals surface area contributed by atoms with Gasteiger partial charge in [-0.2, -0.15) is 0 Å². The minimum atomic E-state index is -0.367. The molecule has 0 bridgehead atoms. The molecule has 5 heteroatoms. The summed E-state index contributed by atoms with van der Waals surface area (Å²) in [7, 11) is 0. The fraction of sp³-hybridized carbons (Fsp3) is 0.273. The summed E-state index contributed by atoms with van der Waals surface area (Å²) < 4.78 is 18.8.